The normalized spacial score (nSPS) is 10.8. The lowest BCUT2D eigenvalue weighted by molar-refractivity contribution is 0.0600. The van der Waals surface area contributed by atoms with Crippen LogP contribution in [-0.4, -0.2) is 48.4 Å². The Labute approximate surface area is 262 Å². The average Bonchev–Trinajstić information content (AvgIpc) is 3.08. The van der Waals surface area contributed by atoms with Crippen molar-refractivity contribution < 1.29 is 19.0 Å². The molecule has 0 radical (unpaired) electrons. The van der Waals surface area contributed by atoms with Crippen molar-refractivity contribution in [3.8, 4) is 17.2 Å². The minimum atomic E-state index is -0.440. The van der Waals surface area contributed by atoms with Gasteiger partial charge in [-0.15, -0.1) is 0 Å². The largest absolute Gasteiger partial charge is 0.497 e. The van der Waals surface area contributed by atoms with E-state index in [4.69, 9.17) is 24.2 Å². The summed E-state index contributed by atoms with van der Waals surface area (Å²) in [5.74, 6) is 2.09. The fourth-order valence-electron chi connectivity index (χ4n) is 4.96. The first kappa shape index (κ1) is 31.1. The molecule has 0 fully saturated rings. The van der Waals surface area contributed by atoms with Gasteiger partial charge in [-0.05, 0) is 72.1 Å². The molecule has 5 aromatic rings. The third-order valence-electron chi connectivity index (χ3n) is 7.48. The molecule has 0 spiro atoms. The fraction of sp³-hybridized carbons (Fsp3) is 0.257. The molecule has 5 rings (SSSR count). The van der Waals surface area contributed by atoms with Crippen LogP contribution in [0.4, 0.5) is 11.8 Å². The molecule has 0 amide bonds. The summed E-state index contributed by atoms with van der Waals surface area (Å²) in [6, 6.07) is 24.3. The predicted molar refractivity (Wildman–Crippen MR) is 176 cm³/mol. The molecule has 3 aromatic carbocycles. The number of methoxy groups -OCH3 is 3. The van der Waals surface area contributed by atoms with E-state index in [0.29, 0.717) is 53.6 Å². The standard InChI is InChI=1S/C35H37N5O5/c1-5-6-20-36-32-31-30(19-21-40(33(31)41)27-13-11-26(12-14-27)34(42)45-4)37-35(38-32)39(22-24-7-15-28(43-2)16-8-24)23-25-9-17-29(44-3)18-10-25/h7-19,21H,5-6,20,22-23H2,1-4H3,(H,36,37,38). The van der Waals surface area contributed by atoms with Crippen molar-refractivity contribution in [2.75, 3.05) is 38.1 Å². The summed E-state index contributed by atoms with van der Waals surface area (Å²) in [6.45, 7) is 3.82. The van der Waals surface area contributed by atoms with Crippen molar-refractivity contribution >= 4 is 28.6 Å². The van der Waals surface area contributed by atoms with E-state index in [-0.39, 0.29) is 5.56 Å². The molecular weight excluding hydrogens is 570 g/mol. The van der Waals surface area contributed by atoms with Crippen molar-refractivity contribution in [3.05, 3.63) is 112 Å². The Bertz CT molecular complexity index is 1750. The van der Waals surface area contributed by atoms with Gasteiger partial charge in [0.15, 0.2) is 0 Å². The average molecular weight is 608 g/mol. The minimum absolute atomic E-state index is 0.263. The van der Waals surface area contributed by atoms with Gasteiger partial charge in [-0.1, -0.05) is 37.6 Å². The molecule has 0 aliphatic heterocycles. The zero-order chi connectivity index (χ0) is 31.8. The van der Waals surface area contributed by atoms with Gasteiger partial charge in [-0.3, -0.25) is 9.36 Å². The monoisotopic (exact) mass is 607 g/mol. The number of hydrogen-bond donors (Lipinski definition) is 1. The van der Waals surface area contributed by atoms with Crippen LogP contribution in [0.2, 0.25) is 0 Å². The maximum atomic E-state index is 14.0. The highest BCUT2D eigenvalue weighted by Crippen LogP contribution is 2.26. The van der Waals surface area contributed by atoms with Gasteiger partial charge >= 0.3 is 5.97 Å². The molecule has 0 aliphatic rings. The van der Waals surface area contributed by atoms with Crippen molar-refractivity contribution in [2.24, 2.45) is 0 Å². The lowest BCUT2D eigenvalue weighted by atomic mass is 10.1. The van der Waals surface area contributed by atoms with Crippen molar-refractivity contribution in [3.63, 3.8) is 0 Å². The van der Waals surface area contributed by atoms with Crippen LogP contribution in [0.5, 0.6) is 11.5 Å². The van der Waals surface area contributed by atoms with Crippen LogP contribution in [0.15, 0.2) is 89.9 Å². The Kier molecular flexibility index (Phi) is 9.93. The van der Waals surface area contributed by atoms with Gasteiger partial charge in [-0.25, -0.2) is 9.78 Å². The molecule has 2 aromatic heterocycles. The minimum Gasteiger partial charge on any atom is -0.497 e. The maximum absolute atomic E-state index is 14.0. The van der Waals surface area contributed by atoms with Crippen LogP contribution < -0.4 is 25.2 Å². The molecule has 0 saturated heterocycles. The van der Waals surface area contributed by atoms with E-state index in [2.05, 4.69) is 17.1 Å². The molecule has 10 heteroatoms. The fourth-order valence-corrected chi connectivity index (χ4v) is 4.96. The summed E-state index contributed by atoms with van der Waals surface area (Å²) in [5, 5.41) is 3.80. The van der Waals surface area contributed by atoms with E-state index >= 15 is 0 Å². The second-order valence-corrected chi connectivity index (χ2v) is 10.5. The van der Waals surface area contributed by atoms with E-state index in [1.54, 1.807) is 44.7 Å². The van der Waals surface area contributed by atoms with Gasteiger partial charge in [0, 0.05) is 31.5 Å². The molecule has 0 atom stereocenters. The molecule has 2 heterocycles. The lowest BCUT2D eigenvalue weighted by Gasteiger charge is -2.24. The van der Waals surface area contributed by atoms with Crippen LogP contribution in [0, 0.1) is 0 Å². The van der Waals surface area contributed by atoms with Gasteiger partial charge in [0.2, 0.25) is 5.95 Å². The Morgan fingerprint density at radius 3 is 1.96 bits per heavy atom. The summed E-state index contributed by atoms with van der Waals surface area (Å²) in [5.41, 5.74) is 3.39. The number of aromatic nitrogens is 3. The first-order valence-corrected chi connectivity index (χ1v) is 14.8. The van der Waals surface area contributed by atoms with E-state index in [1.807, 2.05) is 54.6 Å². The Morgan fingerprint density at radius 1 is 0.822 bits per heavy atom. The first-order valence-electron chi connectivity index (χ1n) is 14.8. The number of unbranched alkanes of at least 4 members (excludes halogenated alkanes) is 1. The number of nitrogens with one attached hydrogen (secondary N) is 1. The molecule has 0 aliphatic carbocycles. The van der Waals surface area contributed by atoms with Crippen LogP contribution in [0.1, 0.15) is 41.3 Å². The Morgan fingerprint density at radius 2 is 1.42 bits per heavy atom. The Hall–Kier alpha value is -5.38. The van der Waals surface area contributed by atoms with Gasteiger partial charge in [0.05, 0.1) is 32.4 Å². The number of hydrogen-bond acceptors (Lipinski definition) is 9. The highest BCUT2D eigenvalue weighted by Gasteiger charge is 2.19. The summed E-state index contributed by atoms with van der Waals surface area (Å²) in [7, 11) is 4.62. The molecule has 10 nitrogen and oxygen atoms in total. The third kappa shape index (κ3) is 7.23. The van der Waals surface area contributed by atoms with E-state index < -0.39 is 5.97 Å². The maximum Gasteiger partial charge on any atom is 0.337 e. The molecule has 0 saturated carbocycles. The number of ether oxygens (including phenoxy) is 3. The second-order valence-electron chi connectivity index (χ2n) is 10.5. The molecule has 1 N–H and O–H groups in total. The number of nitrogens with zero attached hydrogens (tertiary/aromatic N) is 4. The SMILES string of the molecule is CCCCNc1nc(N(Cc2ccc(OC)cc2)Cc2ccc(OC)cc2)nc2ccn(-c3ccc(C(=O)OC)cc3)c(=O)c12. The molecular formula is C35H37N5O5. The van der Waals surface area contributed by atoms with Crippen molar-refractivity contribution in [1.82, 2.24) is 14.5 Å². The second kappa shape index (κ2) is 14.4. The molecule has 0 unspecified atom stereocenters. The van der Waals surface area contributed by atoms with Gasteiger partial charge in [-0.2, -0.15) is 4.98 Å². The van der Waals surface area contributed by atoms with E-state index in [1.165, 1.54) is 11.7 Å². The van der Waals surface area contributed by atoms with Gasteiger partial charge in [0.1, 0.15) is 22.7 Å². The number of anilines is 2. The lowest BCUT2D eigenvalue weighted by Crippen LogP contribution is -2.26. The van der Waals surface area contributed by atoms with Crippen molar-refractivity contribution in [1.29, 1.82) is 0 Å². The quantitative estimate of drug-likeness (QED) is 0.127. The number of benzene rings is 3. The number of esters is 1. The van der Waals surface area contributed by atoms with Crippen LogP contribution in [-0.2, 0) is 17.8 Å². The summed E-state index contributed by atoms with van der Waals surface area (Å²) < 4.78 is 17.0. The molecule has 45 heavy (non-hydrogen) atoms. The highest BCUT2D eigenvalue weighted by molar-refractivity contribution is 5.90. The topological polar surface area (TPSA) is 108 Å². The number of rotatable bonds is 13. The smallest absolute Gasteiger partial charge is 0.337 e. The summed E-state index contributed by atoms with van der Waals surface area (Å²) in [4.78, 5) is 37.8. The van der Waals surface area contributed by atoms with Crippen LogP contribution >= 0.6 is 0 Å². The number of fused-ring (bicyclic) bond motifs is 1. The zero-order valence-corrected chi connectivity index (χ0v) is 25.9. The summed E-state index contributed by atoms with van der Waals surface area (Å²) in [6.07, 6.45) is 3.60. The first-order chi connectivity index (χ1) is 21.9. The van der Waals surface area contributed by atoms with Crippen LogP contribution in [0.3, 0.4) is 0 Å². The predicted octanol–water partition coefficient (Wildman–Crippen LogP) is 6.00. The molecule has 0 bridgehead atoms. The van der Waals surface area contributed by atoms with Crippen molar-refractivity contribution in [2.45, 2.75) is 32.9 Å². The van der Waals surface area contributed by atoms with Gasteiger partial charge in [0.25, 0.3) is 5.56 Å². The van der Waals surface area contributed by atoms with E-state index in [9.17, 15) is 9.59 Å². The highest BCUT2D eigenvalue weighted by atomic mass is 16.5. The van der Waals surface area contributed by atoms with Crippen LogP contribution in [0.25, 0.3) is 16.6 Å². The number of pyridine rings is 1. The third-order valence-corrected chi connectivity index (χ3v) is 7.48. The zero-order valence-electron chi connectivity index (χ0n) is 25.9. The summed E-state index contributed by atoms with van der Waals surface area (Å²) >= 11 is 0. The van der Waals surface area contributed by atoms with Gasteiger partial charge < -0.3 is 24.4 Å². The molecule has 232 valence electrons. The Balaban J connectivity index is 1.59. The number of carbonyl (C=O) groups excluding carboxylic acids is 1. The number of carbonyl (C=O) groups is 1. The van der Waals surface area contributed by atoms with E-state index in [0.717, 1.165) is 35.5 Å².